The summed E-state index contributed by atoms with van der Waals surface area (Å²) in [5.74, 6) is 0.219. The molecule has 1 saturated carbocycles. The second-order valence-electron chi connectivity index (χ2n) is 5.44. The van der Waals surface area contributed by atoms with Crippen LogP contribution in [0.3, 0.4) is 0 Å². The van der Waals surface area contributed by atoms with Gasteiger partial charge >= 0.3 is 6.03 Å². The monoisotopic (exact) mass is 254 g/mol. The third-order valence-electron chi connectivity index (χ3n) is 3.59. The lowest BCUT2D eigenvalue weighted by atomic mass is 10.0. The first-order valence-corrected chi connectivity index (χ1v) is 6.63. The largest absolute Gasteiger partial charge is 0.335 e. The van der Waals surface area contributed by atoms with Crippen molar-refractivity contribution in [3.8, 4) is 0 Å². The summed E-state index contributed by atoms with van der Waals surface area (Å²) in [6.45, 7) is 4.00. The van der Waals surface area contributed by atoms with E-state index >= 15 is 0 Å². The summed E-state index contributed by atoms with van der Waals surface area (Å²) in [6, 6.07) is 0.0636. The molecule has 2 unspecified atom stereocenters. The molecule has 0 aromatic rings. The number of rotatable bonds is 4. The number of carbonyl (C=O) groups excluding carboxylic acids is 2. The van der Waals surface area contributed by atoms with Gasteiger partial charge < -0.3 is 11.1 Å². The van der Waals surface area contributed by atoms with Crippen LogP contribution in [0.2, 0.25) is 0 Å². The molecule has 18 heavy (non-hydrogen) atoms. The number of hydrogen-bond donors (Lipinski definition) is 3. The number of nitrogens with one attached hydrogen (secondary N) is 2. The van der Waals surface area contributed by atoms with Gasteiger partial charge in [-0.2, -0.15) is 0 Å². The Hall–Kier alpha value is -1.14. The van der Waals surface area contributed by atoms with Crippen molar-refractivity contribution in [2.45, 2.75) is 38.3 Å². The van der Waals surface area contributed by atoms with Crippen LogP contribution in [0.1, 0.15) is 26.2 Å². The van der Waals surface area contributed by atoms with Gasteiger partial charge in [-0.05, 0) is 38.6 Å². The Kier molecular flexibility index (Phi) is 4.19. The zero-order chi connectivity index (χ0) is 13.1. The van der Waals surface area contributed by atoms with E-state index in [9.17, 15) is 9.59 Å². The van der Waals surface area contributed by atoms with Crippen molar-refractivity contribution < 1.29 is 9.59 Å². The quantitative estimate of drug-likeness (QED) is 0.639. The Bertz CT molecular complexity index is 328. The third kappa shape index (κ3) is 3.96. The third-order valence-corrected chi connectivity index (χ3v) is 3.59. The fraction of sp³-hybridized carbons (Fsp3) is 0.833. The zero-order valence-electron chi connectivity index (χ0n) is 10.8. The van der Waals surface area contributed by atoms with E-state index < -0.39 is 0 Å². The van der Waals surface area contributed by atoms with Crippen molar-refractivity contribution in [1.29, 1.82) is 0 Å². The van der Waals surface area contributed by atoms with Crippen LogP contribution in [0.15, 0.2) is 0 Å². The molecule has 2 rings (SSSR count). The minimum Gasteiger partial charge on any atom is -0.335 e. The molecular weight excluding hydrogens is 232 g/mol. The van der Waals surface area contributed by atoms with Gasteiger partial charge in [-0.1, -0.05) is 0 Å². The summed E-state index contributed by atoms with van der Waals surface area (Å²) in [5, 5.41) is 5.09. The van der Waals surface area contributed by atoms with Crippen molar-refractivity contribution in [1.82, 2.24) is 15.5 Å². The van der Waals surface area contributed by atoms with Gasteiger partial charge in [-0.25, -0.2) is 4.79 Å². The highest BCUT2D eigenvalue weighted by Gasteiger charge is 2.27. The average Bonchev–Trinajstić information content (AvgIpc) is 2.93. The summed E-state index contributed by atoms with van der Waals surface area (Å²) in [4.78, 5) is 25.1. The number of urea groups is 1. The molecule has 6 nitrogen and oxygen atoms in total. The van der Waals surface area contributed by atoms with Gasteiger partial charge in [-0.15, -0.1) is 0 Å². The Balaban J connectivity index is 1.66. The first-order valence-electron chi connectivity index (χ1n) is 6.63. The van der Waals surface area contributed by atoms with Crippen molar-refractivity contribution in [2.24, 2.45) is 11.7 Å². The maximum atomic E-state index is 11.6. The van der Waals surface area contributed by atoms with Crippen LogP contribution < -0.4 is 16.4 Å². The number of carbonyl (C=O) groups is 2. The highest BCUT2D eigenvalue weighted by atomic mass is 16.2. The maximum Gasteiger partial charge on any atom is 0.321 e. The Morgan fingerprint density at radius 2 is 2.11 bits per heavy atom. The Morgan fingerprint density at radius 3 is 2.67 bits per heavy atom. The summed E-state index contributed by atoms with van der Waals surface area (Å²) in [6.07, 6.45) is 3.06. The van der Waals surface area contributed by atoms with E-state index in [0.29, 0.717) is 5.92 Å². The second kappa shape index (κ2) is 5.67. The lowest BCUT2D eigenvalue weighted by Gasteiger charge is -2.17. The van der Waals surface area contributed by atoms with Crippen molar-refractivity contribution in [3.05, 3.63) is 0 Å². The molecule has 0 bridgehead atoms. The number of likely N-dealkylation sites (tertiary alicyclic amines) is 1. The smallest absolute Gasteiger partial charge is 0.321 e. The van der Waals surface area contributed by atoms with Crippen molar-refractivity contribution >= 4 is 11.9 Å². The van der Waals surface area contributed by atoms with E-state index in [2.05, 4.69) is 10.6 Å². The molecule has 2 atom stereocenters. The van der Waals surface area contributed by atoms with E-state index in [1.807, 2.05) is 11.8 Å². The van der Waals surface area contributed by atoms with Gasteiger partial charge in [-0.3, -0.25) is 15.0 Å². The van der Waals surface area contributed by atoms with Crippen molar-refractivity contribution in [2.75, 3.05) is 19.6 Å². The van der Waals surface area contributed by atoms with Gasteiger partial charge in [0.15, 0.2) is 0 Å². The van der Waals surface area contributed by atoms with Crippen LogP contribution in [0.4, 0.5) is 4.79 Å². The molecule has 2 aliphatic rings. The normalized spacial score (nSPS) is 25.8. The average molecular weight is 254 g/mol. The molecule has 0 aromatic carbocycles. The molecule has 1 saturated heterocycles. The molecule has 2 fully saturated rings. The first kappa shape index (κ1) is 13.3. The Morgan fingerprint density at radius 1 is 1.39 bits per heavy atom. The Labute approximate surface area is 107 Å². The summed E-state index contributed by atoms with van der Waals surface area (Å²) < 4.78 is 0. The lowest BCUT2D eigenvalue weighted by molar-refractivity contribution is -0.120. The van der Waals surface area contributed by atoms with E-state index in [0.717, 1.165) is 32.4 Å². The van der Waals surface area contributed by atoms with Crippen LogP contribution in [0, 0.1) is 5.92 Å². The van der Waals surface area contributed by atoms with Gasteiger partial charge in [0.25, 0.3) is 0 Å². The number of amides is 3. The van der Waals surface area contributed by atoms with Gasteiger partial charge in [0, 0.05) is 18.6 Å². The van der Waals surface area contributed by atoms with Gasteiger partial charge in [0.1, 0.15) is 0 Å². The predicted octanol–water partition coefficient (Wildman–Crippen LogP) is -0.356. The molecule has 4 N–H and O–H groups in total. The highest BCUT2D eigenvalue weighted by Crippen LogP contribution is 2.19. The standard InChI is InChI=1S/C12H22N4O2/c1-8(13)9-4-5-16(6-9)7-11(17)15-12(18)14-10-2-3-10/h8-10H,2-7,13H2,1H3,(H2,14,15,17,18). The van der Waals surface area contributed by atoms with Crippen molar-refractivity contribution in [3.63, 3.8) is 0 Å². The minimum absolute atomic E-state index is 0.163. The van der Waals surface area contributed by atoms with Crippen LogP contribution in [-0.4, -0.2) is 48.6 Å². The van der Waals surface area contributed by atoms with Crippen LogP contribution >= 0.6 is 0 Å². The molecule has 0 radical (unpaired) electrons. The van der Waals surface area contributed by atoms with Crippen LogP contribution in [0.25, 0.3) is 0 Å². The summed E-state index contributed by atoms with van der Waals surface area (Å²) in [5.41, 5.74) is 5.84. The van der Waals surface area contributed by atoms with E-state index in [-0.39, 0.29) is 30.6 Å². The maximum absolute atomic E-state index is 11.6. The topological polar surface area (TPSA) is 87.5 Å². The van der Waals surface area contributed by atoms with E-state index in [4.69, 9.17) is 5.73 Å². The number of nitrogens with zero attached hydrogens (tertiary/aromatic N) is 1. The molecule has 1 aliphatic carbocycles. The molecule has 102 valence electrons. The highest BCUT2D eigenvalue weighted by molar-refractivity contribution is 5.95. The minimum atomic E-state index is -0.370. The molecule has 0 spiro atoms. The number of nitrogens with two attached hydrogens (primary N) is 1. The number of imide groups is 1. The second-order valence-corrected chi connectivity index (χ2v) is 5.44. The van der Waals surface area contributed by atoms with Crippen LogP contribution in [-0.2, 0) is 4.79 Å². The molecule has 1 aliphatic heterocycles. The first-order chi connectivity index (χ1) is 8.54. The molecule has 1 heterocycles. The summed E-state index contributed by atoms with van der Waals surface area (Å²) in [7, 11) is 0. The SMILES string of the molecule is CC(N)C1CCN(CC(=O)NC(=O)NC2CC2)C1. The molecule has 6 heteroatoms. The summed E-state index contributed by atoms with van der Waals surface area (Å²) >= 11 is 0. The van der Waals surface area contributed by atoms with Gasteiger partial charge in [0.2, 0.25) is 5.91 Å². The lowest BCUT2D eigenvalue weighted by Crippen LogP contribution is -2.45. The van der Waals surface area contributed by atoms with E-state index in [1.165, 1.54) is 0 Å². The fourth-order valence-electron chi connectivity index (χ4n) is 2.25. The molecule has 3 amide bonds. The van der Waals surface area contributed by atoms with E-state index in [1.54, 1.807) is 0 Å². The van der Waals surface area contributed by atoms with Gasteiger partial charge in [0.05, 0.1) is 6.54 Å². The number of hydrogen-bond acceptors (Lipinski definition) is 4. The predicted molar refractivity (Wildman–Crippen MR) is 67.9 cm³/mol. The van der Waals surface area contributed by atoms with Crippen LogP contribution in [0.5, 0.6) is 0 Å². The molecule has 0 aromatic heterocycles. The fourth-order valence-corrected chi connectivity index (χ4v) is 2.25. The zero-order valence-corrected chi connectivity index (χ0v) is 10.8. The molecular formula is C12H22N4O2.